The average molecular weight is 199 g/mol. The maximum Gasteiger partial charge on any atom is 0.0631 e. The molecule has 0 radical (unpaired) electrons. The number of hydrogen-bond acceptors (Lipinski definition) is 2. The van der Waals surface area contributed by atoms with E-state index in [-0.39, 0.29) is 11.5 Å². The third-order valence-corrected chi connectivity index (χ3v) is 3.83. The van der Waals surface area contributed by atoms with Crippen LogP contribution in [0.1, 0.15) is 46.5 Å². The van der Waals surface area contributed by atoms with Gasteiger partial charge in [-0.2, -0.15) is 0 Å². The first kappa shape index (κ1) is 12.0. The molecular formula is C12H25NO. The number of rotatable bonds is 3. The molecule has 84 valence electrons. The summed E-state index contributed by atoms with van der Waals surface area (Å²) in [6, 6.07) is 0. The van der Waals surface area contributed by atoms with Gasteiger partial charge in [-0.25, -0.2) is 0 Å². The van der Waals surface area contributed by atoms with E-state index >= 15 is 0 Å². The Morgan fingerprint density at radius 1 is 1.29 bits per heavy atom. The second-order valence-electron chi connectivity index (χ2n) is 5.66. The third-order valence-electron chi connectivity index (χ3n) is 3.83. The summed E-state index contributed by atoms with van der Waals surface area (Å²) >= 11 is 0. The topological polar surface area (TPSA) is 46.2 Å². The number of hydrogen-bond donors (Lipinski definition) is 2. The van der Waals surface area contributed by atoms with Crippen molar-refractivity contribution in [3.63, 3.8) is 0 Å². The first-order valence-electron chi connectivity index (χ1n) is 5.85. The number of aliphatic hydroxyl groups excluding tert-OH is 1. The highest BCUT2D eigenvalue weighted by atomic mass is 16.3. The zero-order valence-corrected chi connectivity index (χ0v) is 9.79. The van der Waals surface area contributed by atoms with E-state index in [2.05, 4.69) is 20.8 Å². The normalized spacial score (nSPS) is 31.5. The Hall–Kier alpha value is -0.0800. The minimum Gasteiger partial charge on any atom is -0.392 e. The van der Waals surface area contributed by atoms with Crippen LogP contribution in [0.4, 0.5) is 0 Å². The highest BCUT2D eigenvalue weighted by molar-refractivity contribution is 4.86. The molecule has 1 rings (SSSR count). The molecule has 0 aromatic rings. The van der Waals surface area contributed by atoms with Crippen LogP contribution >= 0.6 is 0 Å². The highest BCUT2D eigenvalue weighted by Gasteiger charge is 2.34. The summed E-state index contributed by atoms with van der Waals surface area (Å²) in [6.45, 7) is 7.00. The molecule has 1 atom stereocenters. The number of nitrogens with two attached hydrogens (primary N) is 1. The van der Waals surface area contributed by atoms with Crippen molar-refractivity contribution in [1.29, 1.82) is 0 Å². The van der Waals surface area contributed by atoms with E-state index in [1.54, 1.807) is 0 Å². The summed E-state index contributed by atoms with van der Waals surface area (Å²) in [4.78, 5) is 0. The lowest BCUT2D eigenvalue weighted by Crippen LogP contribution is -2.42. The molecule has 0 aromatic carbocycles. The van der Waals surface area contributed by atoms with Gasteiger partial charge in [0.25, 0.3) is 0 Å². The van der Waals surface area contributed by atoms with Gasteiger partial charge in [-0.15, -0.1) is 0 Å². The van der Waals surface area contributed by atoms with E-state index in [9.17, 15) is 5.11 Å². The van der Waals surface area contributed by atoms with Crippen molar-refractivity contribution in [2.24, 2.45) is 23.0 Å². The van der Waals surface area contributed by atoms with Crippen LogP contribution in [0.25, 0.3) is 0 Å². The van der Waals surface area contributed by atoms with Crippen LogP contribution in [0.15, 0.2) is 0 Å². The lowest BCUT2D eigenvalue weighted by atomic mass is 9.72. The van der Waals surface area contributed by atoms with E-state index in [1.807, 2.05) is 0 Å². The zero-order valence-electron chi connectivity index (χ0n) is 9.79. The van der Waals surface area contributed by atoms with Crippen molar-refractivity contribution in [3.05, 3.63) is 0 Å². The van der Waals surface area contributed by atoms with Crippen molar-refractivity contribution in [3.8, 4) is 0 Å². The van der Waals surface area contributed by atoms with Crippen LogP contribution in [-0.4, -0.2) is 17.8 Å². The van der Waals surface area contributed by atoms with Gasteiger partial charge in [0.1, 0.15) is 0 Å². The Kier molecular flexibility index (Phi) is 3.96. The molecule has 0 bridgehead atoms. The Bertz CT molecular complexity index is 171. The summed E-state index contributed by atoms with van der Waals surface area (Å²) in [5, 5.41) is 10.2. The summed E-state index contributed by atoms with van der Waals surface area (Å²) in [6.07, 6.45) is 4.66. The summed E-state index contributed by atoms with van der Waals surface area (Å²) < 4.78 is 0. The van der Waals surface area contributed by atoms with E-state index < -0.39 is 0 Å². The van der Waals surface area contributed by atoms with E-state index in [0.717, 1.165) is 5.92 Å². The predicted molar refractivity (Wildman–Crippen MR) is 60.0 cm³/mol. The predicted octanol–water partition coefficient (Wildman–Crippen LogP) is 2.16. The summed E-state index contributed by atoms with van der Waals surface area (Å²) in [7, 11) is 0. The SMILES string of the molecule is CC1CCC(C(O)C(C)(C)CN)CC1. The molecule has 1 aliphatic rings. The van der Waals surface area contributed by atoms with Crippen LogP contribution in [0.3, 0.4) is 0 Å². The monoisotopic (exact) mass is 199 g/mol. The number of aliphatic hydroxyl groups is 1. The van der Waals surface area contributed by atoms with Crippen LogP contribution in [-0.2, 0) is 0 Å². The van der Waals surface area contributed by atoms with Gasteiger partial charge in [0.05, 0.1) is 6.10 Å². The summed E-state index contributed by atoms with van der Waals surface area (Å²) in [5.74, 6) is 1.32. The molecule has 14 heavy (non-hydrogen) atoms. The second-order valence-corrected chi connectivity index (χ2v) is 5.66. The average Bonchev–Trinajstić information content (AvgIpc) is 2.18. The zero-order chi connectivity index (χ0) is 10.8. The van der Waals surface area contributed by atoms with E-state index in [1.165, 1.54) is 25.7 Å². The molecule has 2 nitrogen and oxygen atoms in total. The highest BCUT2D eigenvalue weighted by Crippen LogP contribution is 2.36. The van der Waals surface area contributed by atoms with Gasteiger partial charge < -0.3 is 10.8 Å². The molecule has 0 heterocycles. The Morgan fingerprint density at radius 3 is 2.21 bits per heavy atom. The van der Waals surface area contributed by atoms with Crippen molar-refractivity contribution in [2.45, 2.75) is 52.6 Å². The minimum atomic E-state index is -0.222. The molecule has 2 heteroatoms. The fraction of sp³-hybridized carbons (Fsp3) is 1.00. The molecule has 1 saturated carbocycles. The van der Waals surface area contributed by atoms with Gasteiger partial charge in [0, 0.05) is 5.41 Å². The lowest BCUT2D eigenvalue weighted by Gasteiger charge is -2.38. The largest absolute Gasteiger partial charge is 0.392 e. The first-order chi connectivity index (χ1) is 6.47. The van der Waals surface area contributed by atoms with Crippen molar-refractivity contribution >= 4 is 0 Å². The first-order valence-corrected chi connectivity index (χ1v) is 5.85. The van der Waals surface area contributed by atoms with Crippen LogP contribution in [0, 0.1) is 17.3 Å². The molecule has 1 fully saturated rings. The molecule has 0 amide bonds. The molecule has 0 aromatic heterocycles. The quantitative estimate of drug-likeness (QED) is 0.731. The molecule has 1 unspecified atom stereocenters. The Morgan fingerprint density at radius 2 is 1.79 bits per heavy atom. The van der Waals surface area contributed by atoms with Crippen molar-refractivity contribution < 1.29 is 5.11 Å². The minimum absolute atomic E-state index is 0.120. The maximum absolute atomic E-state index is 10.2. The van der Waals surface area contributed by atoms with Gasteiger partial charge in [-0.1, -0.05) is 33.6 Å². The van der Waals surface area contributed by atoms with Gasteiger partial charge >= 0.3 is 0 Å². The summed E-state index contributed by atoms with van der Waals surface area (Å²) in [5.41, 5.74) is 5.56. The third kappa shape index (κ3) is 2.71. The fourth-order valence-electron chi connectivity index (χ4n) is 2.36. The van der Waals surface area contributed by atoms with E-state index in [4.69, 9.17) is 5.73 Å². The van der Waals surface area contributed by atoms with Crippen LogP contribution in [0.5, 0.6) is 0 Å². The molecule has 0 spiro atoms. The molecule has 3 N–H and O–H groups in total. The van der Waals surface area contributed by atoms with Crippen molar-refractivity contribution in [2.75, 3.05) is 6.54 Å². The smallest absolute Gasteiger partial charge is 0.0631 e. The molecule has 0 saturated heterocycles. The van der Waals surface area contributed by atoms with Gasteiger partial charge in [-0.05, 0) is 31.2 Å². The molecule has 1 aliphatic carbocycles. The molecular weight excluding hydrogens is 174 g/mol. The van der Waals surface area contributed by atoms with Crippen molar-refractivity contribution in [1.82, 2.24) is 0 Å². The lowest BCUT2D eigenvalue weighted by molar-refractivity contribution is -0.0114. The maximum atomic E-state index is 10.2. The Balaban J connectivity index is 2.49. The van der Waals surface area contributed by atoms with Gasteiger partial charge in [0.15, 0.2) is 0 Å². The standard InChI is InChI=1S/C12H25NO/c1-9-4-6-10(7-5-9)11(14)12(2,3)8-13/h9-11,14H,4-8,13H2,1-3H3. The van der Waals surface area contributed by atoms with E-state index in [0.29, 0.717) is 12.5 Å². The van der Waals surface area contributed by atoms with Gasteiger partial charge in [-0.3, -0.25) is 0 Å². The Labute approximate surface area is 87.9 Å². The fourth-order valence-corrected chi connectivity index (χ4v) is 2.36. The molecule has 0 aliphatic heterocycles. The van der Waals surface area contributed by atoms with Crippen LogP contribution < -0.4 is 5.73 Å². The second kappa shape index (κ2) is 4.63. The van der Waals surface area contributed by atoms with Gasteiger partial charge in [0.2, 0.25) is 0 Å². The van der Waals surface area contributed by atoms with Crippen LogP contribution in [0.2, 0.25) is 0 Å².